The van der Waals surface area contributed by atoms with Crippen LogP contribution < -0.4 is 10.1 Å². The molecule has 3 nitrogen and oxygen atoms in total. The fourth-order valence-electron chi connectivity index (χ4n) is 1.53. The Morgan fingerprint density at radius 3 is 2.63 bits per heavy atom. The molecular formula is C14H14Cl2N2O. The van der Waals surface area contributed by atoms with Crippen LogP contribution in [0.25, 0.3) is 0 Å². The van der Waals surface area contributed by atoms with E-state index in [1.807, 2.05) is 13.0 Å². The van der Waals surface area contributed by atoms with Crippen molar-refractivity contribution in [1.29, 1.82) is 0 Å². The fourth-order valence-corrected chi connectivity index (χ4v) is 1.83. The lowest BCUT2D eigenvalue weighted by Gasteiger charge is -2.08. The summed E-state index contributed by atoms with van der Waals surface area (Å²) in [4.78, 5) is 4.15. The lowest BCUT2D eigenvalue weighted by Crippen LogP contribution is -2.12. The largest absolute Gasteiger partial charge is 0.439 e. The van der Waals surface area contributed by atoms with Gasteiger partial charge in [-0.3, -0.25) is 0 Å². The van der Waals surface area contributed by atoms with E-state index in [-0.39, 0.29) is 0 Å². The van der Waals surface area contributed by atoms with Gasteiger partial charge in [0.15, 0.2) is 0 Å². The van der Waals surface area contributed by atoms with Crippen LogP contribution in [-0.4, -0.2) is 11.5 Å². The first kappa shape index (κ1) is 14.1. The number of pyridine rings is 1. The predicted octanol–water partition coefficient (Wildman–Crippen LogP) is 4.29. The molecule has 0 radical (unpaired) electrons. The van der Waals surface area contributed by atoms with Crippen molar-refractivity contribution >= 4 is 23.2 Å². The van der Waals surface area contributed by atoms with Crippen molar-refractivity contribution in [2.45, 2.75) is 13.5 Å². The molecule has 0 bridgehead atoms. The van der Waals surface area contributed by atoms with Crippen LogP contribution in [-0.2, 0) is 6.54 Å². The van der Waals surface area contributed by atoms with Crippen LogP contribution in [0.1, 0.15) is 12.5 Å². The molecule has 0 unspecified atom stereocenters. The van der Waals surface area contributed by atoms with Gasteiger partial charge in [-0.25, -0.2) is 4.98 Å². The Labute approximate surface area is 122 Å². The van der Waals surface area contributed by atoms with E-state index in [0.717, 1.165) is 12.1 Å². The highest BCUT2D eigenvalue weighted by atomic mass is 35.5. The Kier molecular flexibility index (Phi) is 5.02. The highest BCUT2D eigenvalue weighted by Crippen LogP contribution is 2.24. The van der Waals surface area contributed by atoms with Crippen molar-refractivity contribution < 1.29 is 4.74 Å². The minimum absolute atomic E-state index is 0.514. The molecule has 2 rings (SSSR count). The van der Waals surface area contributed by atoms with Crippen molar-refractivity contribution in [2.24, 2.45) is 0 Å². The van der Waals surface area contributed by atoms with Gasteiger partial charge in [0.2, 0.25) is 5.88 Å². The standard InChI is InChI=1S/C14H14Cl2N2O/c1-2-17-8-10-7-14(18-9-13(10)16)19-12-5-3-11(15)4-6-12/h3-7,9,17H,2,8H2,1H3. The molecular weight excluding hydrogens is 283 g/mol. The van der Waals surface area contributed by atoms with E-state index in [9.17, 15) is 0 Å². The normalized spacial score (nSPS) is 10.5. The van der Waals surface area contributed by atoms with Crippen molar-refractivity contribution in [3.05, 3.63) is 52.1 Å². The van der Waals surface area contributed by atoms with Gasteiger partial charge in [0.05, 0.1) is 5.02 Å². The van der Waals surface area contributed by atoms with Crippen molar-refractivity contribution in [2.75, 3.05) is 6.54 Å². The first-order valence-corrected chi connectivity index (χ1v) is 6.73. The Morgan fingerprint density at radius 1 is 1.21 bits per heavy atom. The van der Waals surface area contributed by atoms with Crippen LogP contribution >= 0.6 is 23.2 Å². The third-order valence-corrected chi connectivity index (χ3v) is 3.10. The molecule has 5 heteroatoms. The van der Waals surface area contributed by atoms with Gasteiger partial charge in [-0.2, -0.15) is 0 Å². The third-order valence-electron chi connectivity index (χ3n) is 2.51. The average molecular weight is 297 g/mol. The number of ether oxygens (including phenoxy) is 1. The maximum absolute atomic E-state index is 6.08. The van der Waals surface area contributed by atoms with E-state index in [1.54, 1.807) is 30.5 Å². The Morgan fingerprint density at radius 2 is 1.95 bits per heavy atom. The highest BCUT2D eigenvalue weighted by Gasteiger charge is 2.05. The van der Waals surface area contributed by atoms with Crippen LogP contribution in [0.15, 0.2) is 36.5 Å². The molecule has 0 saturated heterocycles. The SMILES string of the molecule is CCNCc1cc(Oc2ccc(Cl)cc2)ncc1Cl. The van der Waals surface area contributed by atoms with E-state index in [2.05, 4.69) is 10.3 Å². The minimum atomic E-state index is 0.514. The van der Waals surface area contributed by atoms with Gasteiger partial charge in [0.25, 0.3) is 0 Å². The molecule has 0 saturated carbocycles. The number of halogens is 2. The Balaban J connectivity index is 2.14. The summed E-state index contributed by atoms with van der Waals surface area (Å²) in [5.74, 6) is 1.20. The first-order chi connectivity index (χ1) is 9.19. The second kappa shape index (κ2) is 6.75. The lowest BCUT2D eigenvalue weighted by atomic mass is 10.2. The van der Waals surface area contributed by atoms with Gasteiger partial charge < -0.3 is 10.1 Å². The summed E-state index contributed by atoms with van der Waals surface area (Å²) in [6, 6.07) is 8.96. The van der Waals surface area contributed by atoms with Crippen LogP contribution in [0.5, 0.6) is 11.6 Å². The first-order valence-electron chi connectivity index (χ1n) is 5.97. The molecule has 1 N–H and O–H groups in total. The second-order valence-corrected chi connectivity index (χ2v) is 4.79. The molecule has 0 aliphatic heterocycles. The quantitative estimate of drug-likeness (QED) is 0.894. The van der Waals surface area contributed by atoms with Gasteiger partial charge in [-0.05, 0) is 36.4 Å². The lowest BCUT2D eigenvalue weighted by molar-refractivity contribution is 0.462. The predicted molar refractivity (Wildman–Crippen MR) is 78.2 cm³/mol. The van der Waals surface area contributed by atoms with Crippen LogP contribution in [0, 0.1) is 0 Å². The zero-order chi connectivity index (χ0) is 13.7. The number of nitrogens with one attached hydrogen (secondary N) is 1. The number of rotatable bonds is 5. The number of hydrogen-bond acceptors (Lipinski definition) is 3. The zero-order valence-corrected chi connectivity index (χ0v) is 12.0. The molecule has 1 heterocycles. The molecule has 0 amide bonds. The molecule has 0 atom stereocenters. The number of aromatic nitrogens is 1. The van der Waals surface area contributed by atoms with E-state index in [0.29, 0.717) is 28.2 Å². The summed E-state index contributed by atoms with van der Waals surface area (Å²) >= 11 is 11.9. The van der Waals surface area contributed by atoms with Crippen molar-refractivity contribution in [3.63, 3.8) is 0 Å². The third kappa shape index (κ3) is 4.10. The molecule has 100 valence electrons. The summed E-state index contributed by atoms with van der Waals surface area (Å²) in [5, 5.41) is 4.52. The maximum Gasteiger partial charge on any atom is 0.219 e. The number of nitrogens with zero attached hydrogens (tertiary/aromatic N) is 1. The topological polar surface area (TPSA) is 34.1 Å². The second-order valence-electron chi connectivity index (χ2n) is 3.95. The Bertz CT molecular complexity index is 544. The van der Waals surface area contributed by atoms with Crippen LogP contribution in [0.3, 0.4) is 0 Å². The summed E-state index contributed by atoms with van der Waals surface area (Å²) in [6.07, 6.45) is 1.60. The van der Waals surface area contributed by atoms with Gasteiger partial charge >= 0.3 is 0 Å². The van der Waals surface area contributed by atoms with Gasteiger partial charge in [-0.15, -0.1) is 0 Å². The molecule has 0 aliphatic carbocycles. The Hall–Kier alpha value is -1.29. The number of hydrogen-bond donors (Lipinski definition) is 1. The van der Waals surface area contributed by atoms with Gasteiger partial charge in [-0.1, -0.05) is 30.1 Å². The molecule has 1 aromatic heterocycles. The highest BCUT2D eigenvalue weighted by molar-refractivity contribution is 6.31. The maximum atomic E-state index is 6.08. The molecule has 2 aromatic rings. The molecule has 0 spiro atoms. The summed E-state index contributed by atoms with van der Waals surface area (Å²) in [5.41, 5.74) is 0.961. The van der Waals surface area contributed by atoms with Crippen LogP contribution in [0.4, 0.5) is 0 Å². The average Bonchev–Trinajstić information content (AvgIpc) is 2.42. The van der Waals surface area contributed by atoms with E-state index in [1.165, 1.54) is 0 Å². The van der Waals surface area contributed by atoms with Gasteiger partial charge in [0.1, 0.15) is 5.75 Å². The molecule has 0 fully saturated rings. The molecule has 1 aromatic carbocycles. The van der Waals surface area contributed by atoms with E-state index < -0.39 is 0 Å². The van der Waals surface area contributed by atoms with Gasteiger partial charge in [0, 0.05) is 23.8 Å². The fraction of sp³-hybridized carbons (Fsp3) is 0.214. The summed E-state index contributed by atoms with van der Waals surface area (Å²) in [7, 11) is 0. The van der Waals surface area contributed by atoms with Crippen molar-refractivity contribution in [3.8, 4) is 11.6 Å². The smallest absolute Gasteiger partial charge is 0.219 e. The zero-order valence-electron chi connectivity index (χ0n) is 10.5. The molecule has 19 heavy (non-hydrogen) atoms. The number of benzene rings is 1. The monoisotopic (exact) mass is 296 g/mol. The summed E-state index contributed by atoms with van der Waals surface area (Å²) < 4.78 is 5.65. The van der Waals surface area contributed by atoms with E-state index >= 15 is 0 Å². The van der Waals surface area contributed by atoms with E-state index in [4.69, 9.17) is 27.9 Å². The van der Waals surface area contributed by atoms with Crippen LogP contribution in [0.2, 0.25) is 10.0 Å². The minimum Gasteiger partial charge on any atom is -0.439 e. The molecule has 0 aliphatic rings. The van der Waals surface area contributed by atoms with Crippen molar-refractivity contribution in [1.82, 2.24) is 10.3 Å². The summed E-state index contributed by atoms with van der Waals surface area (Å²) in [6.45, 7) is 3.61.